The molecule has 0 fully saturated rings. The largest absolute Gasteiger partial charge is 0.444 e. The Bertz CT molecular complexity index is 341. The van der Waals surface area contributed by atoms with Crippen LogP contribution in [0.1, 0.15) is 26.3 Å². The van der Waals surface area contributed by atoms with Gasteiger partial charge in [0.1, 0.15) is 5.60 Å². The van der Waals surface area contributed by atoms with Gasteiger partial charge >= 0.3 is 6.09 Å². The van der Waals surface area contributed by atoms with Gasteiger partial charge in [0.2, 0.25) is 0 Å². The Morgan fingerprint density at radius 2 is 1.81 bits per heavy atom. The van der Waals surface area contributed by atoms with Gasteiger partial charge in [0.05, 0.1) is 0 Å². The zero-order chi connectivity index (χ0) is 12.2. The molecule has 0 aromatic heterocycles. The maximum Gasteiger partial charge on any atom is 0.410 e. The van der Waals surface area contributed by atoms with Gasteiger partial charge in [-0.3, -0.25) is 0 Å². The predicted molar refractivity (Wildman–Crippen MR) is 64.1 cm³/mol. The Hall–Kier alpha value is -1.51. The van der Waals surface area contributed by atoms with Crippen LogP contribution in [0.25, 0.3) is 0 Å². The van der Waals surface area contributed by atoms with Crippen molar-refractivity contribution in [2.75, 3.05) is 7.05 Å². The summed E-state index contributed by atoms with van der Waals surface area (Å²) < 4.78 is 5.26. The molecule has 3 heteroatoms. The van der Waals surface area contributed by atoms with Gasteiger partial charge in [-0.05, 0) is 26.3 Å². The Kier molecular flexibility index (Phi) is 3.93. The number of benzene rings is 1. The van der Waals surface area contributed by atoms with E-state index >= 15 is 0 Å². The van der Waals surface area contributed by atoms with Crippen LogP contribution >= 0.6 is 0 Å². The fourth-order valence-electron chi connectivity index (χ4n) is 1.26. The molecule has 0 heterocycles. The van der Waals surface area contributed by atoms with Crippen LogP contribution in [-0.4, -0.2) is 23.6 Å². The highest BCUT2D eigenvalue weighted by molar-refractivity contribution is 5.67. The summed E-state index contributed by atoms with van der Waals surface area (Å²) in [6.07, 6.45) is -0.295. The molecule has 0 N–H and O–H groups in total. The molecule has 1 aromatic rings. The number of carbonyl (C=O) groups is 1. The molecule has 88 valence electrons. The topological polar surface area (TPSA) is 29.5 Å². The van der Waals surface area contributed by atoms with Crippen molar-refractivity contribution in [1.82, 2.24) is 4.90 Å². The lowest BCUT2D eigenvalue weighted by Crippen LogP contribution is -2.33. The summed E-state index contributed by atoms with van der Waals surface area (Å²) in [4.78, 5) is 13.2. The first-order valence-electron chi connectivity index (χ1n) is 5.36. The molecular formula is C13H19NO2. The van der Waals surface area contributed by atoms with E-state index in [4.69, 9.17) is 4.74 Å². The molecule has 0 spiro atoms. The van der Waals surface area contributed by atoms with Crippen molar-refractivity contribution in [2.24, 2.45) is 0 Å². The number of rotatable bonds is 2. The SMILES string of the molecule is CN(Cc1ccccc1)C(=O)OC(C)(C)C. The molecule has 1 rings (SSSR count). The van der Waals surface area contributed by atoms with Gasteiger partial charge in [-0.25, -0.2) is 4.79 Å². The molecule has 0 aliphatic rings. The number of hydrogen-bond donors (Lipinski definition) is 0. The van der Waals surface area contributed by atoms with E-state index in [2.05, 4.69) is 0 Å². The first-order valence-corrected chi connectivity index (χ1v) is 5.36. The molecule has 0 saturated heterocycles. The minimum atomic E-state index is -0.442. The zero-order valence-electron chi connectivity index (χ0n) is 10.4. The normalized spacial score (nSPS) is 11.0. The Balaban J connectivity index is 2.53. The van der Waals surface area contributed by atoms with E-state index in [0.717, 1.165) is 5.56 Å². The molecule has 0 saturated carbocycles. The van der Waals surface area contributed by atoms with E-state index in [1.54, 1.807) is 11.9 Å². The summed E-state index contributed by atoms with van der Waals surface area (Å²) in [7, 11) is 1.74. The van der Waals surface area contributed by atoms with Crippen molar-refractivity contribution in [3.63, 3.8) is 0 Å². The highest BCUT2D eigenvalue weighted by Crippen LogP contribution is 2.11. The standard InChI is InChI=1S/C13H19NO2/c1-13(2,3)16-12(15)14(4)10-11-8-6-5-7-9-11/h5-9H,10H2,1-4H3. The van der Waals surface area contributed by atoms with Gasteiger partial charge in [0.25, 0.3) is 0 Å². The summed E-state index contributed by atoms with van der Waals surface area (Å²) >= 11 is 0. The molecule has 0 unspecified atom stereocenters. The lowest BCUT2D eigenvalue weighted by atomic mass is 10.2. The maximum absolute atomic E-state index is 11.7. The molecule has 0 atom stereocenters. The third-order valence-corrected chi connectivity index (χ3v) is 1.97. The van der Waals surface area contributed by atoms with Gasteiger partial charge in [0, 0.05) is 13.6 Å². The van der Waals surface area contributed by atoms with Gasteiger partial charge < -0.3 is 9.64 Å². The molecule has 0 radical (unpaired) electrons. The molecule has 0 bridgehead atoms. The van der Waals surface area contributed by atoms with Crippen molar-refractivity contribution < 1.29 is 9.53 Å². The van der Waals surface area contributed by atoms with Crippen molar-refractivity contribution in [1.29, 1.82) is 0 Å². The average molecular weight is 221 g/mol. The van der Waals surface area contributed by atoms with Crippen LogP contribution in [0.4, 0.5) is 4.79 Å². The molecule has 0 aliphatic heterocycles. The lowest BCUT2D eigenvalue weighted by molar-refractivity contribution is 0.0285. The predicted octanol–water partition coefficient (Wildman–Crippen LogP) is 3.05. The molecule has 3 nitrogen and oxygen atoms in total. The number of carbonyl (C=O) groups excluding carboxylic acids is 1. The highest BCUT2D eigenvalue weighted by Gasteiger charge is 2.19. The van der Waals surface area contributed by atoms with E-state index in [-0.39, 0.29) is 6.09 Å². The summed E-state index contributed by atoms with van der Waals surface area (Å²) in [5, 5.41) is 0. The second kappa shape index (κ2) is 5.01. The smallest absolute Gasteiger partial charge is 0.410 e. The van der Waals surface area contributed by atoms with Crippen LogP contribution in [0.2, 0.25) is 0 Å². The summed E-state index contributed by atoms with van der Waals surface area (Å²) in [6.45, 7) is 6.15. The maximum atomic E-state index is 11.7. The molecule has 1 amide bonds. The van der Waals surface area contributed by atoms with Crippen molar-refractivity contribution in [2.45, 2.75) is 32.9 Å². The van der Waals surface area contributed by atoms with E-state index in [1.165, 1.54) is 0 Å². The fraction of sp³-hybridized carbons (Fsp3) is 0.462. The molecule has 1 aromatic carbocycles. The Morgan fingerprint density at radius 1 is 1.25 bits per heavy atom. The number of hydrogen-bond acceptors (Lipinski definition) is 2. The minimum Gasteiger partial charge on any atom is -0.444 e. The first kappa shape index (κ1) is 12.6. The summed E-state index contributed by atoms with van der Waals surface area (Å²) in [6, 6.07) is 9.84. The van der Waals surface area contributed by atoms with E-state index in [0.29, 0.717) is 6.54 Å². The van der Waals surface area contributed by atoms with Gasteiger partial charge in [-0.15, -0.1) is 0 Å². The second-order valence-corrected chi connectivity index (χ2v) is 4.82. The van der Waals surface area contributed by atoms with Crippen LogP contribution in [0.5, 0.6) is 0 Å². The van der Waals surface area contributed by atoms with Crippen molar-refractivity contribution in [3.05, 3.63) is 35.9 Å². The van der Waals surface area contributed by atoms with Gasteiger partial charge in [0.15, 0.2) is 0 Å². The van der Waals surface area contributed by atoms with Gasteiger partial charge in [-0.2, -0.15) is 0 Å². The third kappa shape index (κ3) is 4.34. The highest BCUT2D eigenvalue weighted by atomic mass is 16.6. The van der Waals surface area contributed by atoms with Gasteiger partial charge in [-0.1, -0.05) is 30.3 Å². The zero-order valence-corrected chi connectivity index (χ0v) is 10.4. The first-order chi connectivity index (χ1) is 7.38. The average Bonchev–Trinajstić information content (AvgIpc) is 2.16. The van der Waals surface area contributed by atoms with Crippen molar-refractivity contribution >= 4 is 6.09 Å². The van der Waals surface area contributed by atoms with E-state index in [9.17, 15) is 4.79 Å². The summed E-state index contributed by atoms with van der Waals surface area (Å²) in [5.41, 5.74) is 0.651. The monoisotopic (exact) mass is 221 g/mol. The molecular weight excluding hydrogens is 202 g/mol. The quantitative estimate of drug-likeness (QED) is 0.768. The number of amides is 1. The lowest BCUT2D eigenvalue weighted by Gasteiger charge is -2.24. The van der Waals surface area contributed by atoms with Crippen LogP contribution < -0.4 is 0 Å². The van der Waals surface area contributed by atoms with Crippen molar-refractivity contribution in [3.8, 4) is 0 Å². The third-order valence-electron chi connectivity index (χ3n) is 1.97. The fourth-order valence-corrected chi connectivity index (χ4v) is 1.26. The molecule has 16 heavy (non-hydrogen) atoms. The van der Waals surface area contributed by atoms with Crippen LogP contribution in [0.3, 0.4) is 0 Å². The minimum absolute atomic E-state index is 0.295. The molecule has 0 aliphatic carbocycles. The summed E-state index contributed by atoms with van der Waals surface area (Å²) in [5.74, 6) is 0. The number of nitrogens with zero attached hydrogens (tertiary/aromatic N) is 1. The number of ether oxygens (including phenoxy) is 1. The van der Waals surface area contributed by atoms with E-state index in [1.807, 2.05) is 51.1 Å². The van der Waals surface area contributed by atoms with E-state index < -0.39 is 5.60 Å². The Labute approximate surface area is 97.0 Å². The van der Waals surface area contributed by atoms with Crippen LogP contribution in [0.15, 0.2) is 30.3 Å². The van der Waals surface area contributed by atoms with Crippen LogP contribution in [-0.2, 0) is 11.3 Å². The Morgan fingerprint density at radius 3 is 2.31 bits per heavy atom. The van der Waals surface area contributed by atoms with Crippen LogP contribution in [0, 0.1) is 0 Å². The second-order valence-electron chi connectivity index (χ2n) is 4.82.